The number of rotatable bonds is 4. The minimum absolute atomic E-state index is 0.300. The maximum atomic E-state index is 14.0. The molecule has 0 aliphatic carbocycles. The molecule has 4 rings (SSSR count). The zero-order valence-corrected chi connectivity index (χ0v) is 14.7. The van der Waals surface area contributed by atoms with E-state index in [0.29, 0.717) is 28.7 Å². The van der Waals surface area contributed by atoms with Gasteiger partial charge in [-0.05, 0) is 45.4 Å². The molecule has 0 aliphatic heterocycles. The number of hydrogen-bond donors (Lipinski definition) is 0. The number of hydrogen-bond acceptors (Lipinski definition) is 6. The largest absolute Gasteiger partial charge is 0.456 e. The lowest BCUT2D eigenvalue weighted by Crippen LogP contribution is -2.00. The van der Waals surface area contributed by atoms with Gasteiger partial charge in [0, 0.05) is 35.1 Å². The summed E-state index contributed by atoms with van der Waals surface area (Å²) in [5.74, 6) is 0.641. The monoisotopic (exact) mass is 412 g/mol. The Bertz CT molecular complexity index is 1040. The summed E-state index contributed by atoms with van der Waals surface area (Å²) >= 11 is 3.32. The molecule has 0 bridgehead atoms. The first-order valence-corrected chi connectivity index (χ1v) is 8.27. The van der Waals surface area contributed by atoms with Crippen molar-refractivity contribution in [3.63, 3.8) is 0 Å². The molecule has 0 unspecified atom stereocenters. The fourth-order valence-electron chi connectivity index (χ4n) is 2.20. The third kappa shape index (κ3) is 3.57. The van der Waals surface area contributed by atoms with Gasteiger partial charge in [0.25, 0.3) is 0 Å². The molecule has 3 aromatic heterocycles. The zero-order valence-electron chi connectivity index (χ0n) is 13.1. The SMILES string of the molecule is Fc1cc(Oc2cccnc2)cc(-n2nnc(-c3ccc(Br)cn3)n2)c1. The number of halogens is 2. The van der Waals surface area contributed by atoms with Crippen molar-refractivity contribution in [3.05, 3.63) is 71.3 Å². The highest BCUT2D eigenvalue weighted by Crippen LogP contribution is 2.24. The highest BCUT2D eigenvalue weighted by atomic mass is 79.9. The number of nitrogens with zero attached hydrogens (tertiary/aromatic N) is 6. The molecular formula is C17H10BrFN6O. The molecule has 0 amide bonds. The van der Waals surface area contributed by atoms with Crippen LogP contribution in [0.3, 0.4) is 0 Å². The third-order valence-electron chi connectivity index (χ3n) is 3.33. The number of tetrazole rings is 1. The molecule has 0 N–H and O–H groups in total. The van der Waals surface area contributed by atoms with Crippen LogP contribution < -0.4 is 4.74 Å². The lowest BCUT2D eigenvalue weighted by atomic mass is 10.3. The quantitative estimate of drug-likeness (QED) is 0.506. The van der Waals surface area contributed by atoms with Crippen LogP contribution in [0.5, 0.6) is 11.5 Å². The van der Waals surface area contributed by atoms with E-state index in [-0.39, 0.29) is 0 Å². The van der Waals surface area contributed by atoms with Gasteiger partial charge in [-0.15, -0.1) is 15.0 Å². The first kappa shape index (κ1) is 16.3. The highest BCUT2D eigenvalue weighted by molar-refractivity contribution is 9.10. The minimum Gasteiger partial charge on any atom is -0.456 e. The van der Waals surface area contributed by atoms with Gasteiger partial charge in [-0.25, -0.2) is 4.39 Å². The Balaban J connectivity index is 1.64. The Morgan fingerprint density at radius 3 is 2.73 bits per heavy atom. The molecule has 128 valence electrons. The molecule has 0 atom stereocenters. The molecule has 1 aromatic carbocycles. The molecule has 0 spiro atoms. The van der Waals surface area contributed by atoms with E-state index < -0.39 is 5.82 Å². The first-order chi connectivity index (χ1) is 12.7. The van der Waals surface area contributed by atoms with Gasteiger partial charge in [-0.2, -0.15) is 0 Å². The zero-order chi connectivity index (χ0) is 17.9. The normalized spacial score (nSPS) is 10.7. The maximum absolute atomic E-state index is 14.0. The van der Waals surface area contributed by atoms with Crippen LogP contribution in [0, 0.1) is 5.82 Å². The Morgan fingerprint density at radius 1 is 1.04 bits per heavy atom. The average molecular weight is 413 g/mol. The summed E-state index contributed by atoms with van der Waals surface area (Å²) in [7, 11) is 0. The van der Waals surface area contributed by atoms with Gasteiger partial charge >= 0.3 is 0 Å². The molecule has 0 saturated carbocycles. The van der Waals surface area contributed by atoms with Crippen molar-refractivity contribution >= 4 is 15.9 Å². The summed E-state index contributed by atoms with van der Waals surface area (Å²) in [4.78, 5) is 9.39. The van der Waals surface area contributed by atoms with E-state index in [4.69, 9.17) is 4.74 Å². The predicted molar refractivity (Wildman–Crippen MR) is 94.4 cm³/mol. The molecule has 0 radical (unpaired) electrons. The topological polar surface area (TPSA) is 78.6 Å². The summed E-state index contributed by atoms with van der Waals surface area (Å²) in [6.45, 7) is 0. The van der Waals surface area contributed by atoms with Gasteiger partial charge in [0.05, 0.1) is 11.9 Å². The molecule has 0 aliphatic rings. The number of aromatic nitrogens is 6. The van der Waals surface area contributed by atoms with Crippen LogP contribution in [0.4, 0.5) is 4.39 Å². The van der Waals surface area contributed by atoms with Crippen molar-refractivity contribution < 1.29 is 9.13 Å². The fourth-order valence-corrected chi connectivity index (χ4v) is 2.43. The van der Waals surface area contributed by atoms with Crippen molar-refractivity contribution in [2.75, 3.05) is 0 Å². The number of pyridine rings is 2. The second-order valence-corrected chi connectivity index (χ2v) is 6.12. The fraction of sp³-hybridized carbons (Fsp3) is 0. The Hall–Kier alpha value is -3.20. The van der Waals surface area contributed by atoms with Gasteiger partial charge in [0.15, 0.2) is 0 Å². The molecule has 3 heterocycles. The van der Waals surface area contributed by atoms with E-state index in [1.807, 2.05) is 6.07 Å². The maximum Gasteiger partial charge on any atom is 0.223 e. The van der Waals surface area contributed by atoms with E-state index in [0.717, 1.165) is 4.47 Å². The molecule has 0 fully saturated rings. The van der Waals surface area contributed by atoms with Crippen LogP contribution in [-0.2, 0) is 0 Å². The van der Waals surface area contributed by atoms with Gasteiger partial charge in [0.2, 0.25) is 5.82 Å². The number of benzene rings is 1. The molecule has 0 saturated heterocycles. The molecule has 7 nitrogen and oxygen atoms in total. The highest BCUT2D eigenvalue weighted by Gasteiger charge is 2.11. The molecular weight excluding hydrogens is 403 g/mol. The molecule has 9 heteroatoms. The van der Waals surface area contributed by atoms with Crippen molar-refractivity contribution in [2.45, 2.75) is 0 Å². The Labute approximate surface area is 155 Å². The van der Waals surface area contributed by atoms with Crippen molar-refractivity contribution in [2.24, 2.45) is 0 Å². The third-order valence-corrected chi connectivity index (χ3v) is 3.80. The van der Waals surface area contributed by atoms with Gasteiger partial charge < -0.3 is 4.74 Å². The van der Waals surface area contributed by atoms with E-state index in [9.17, 15) is 4.39 Å². The summed E-state index contributed by atoms with van der Waals surface area (Å²) in [5, 5.41) is 12.2. The second kappa shape index (κ2) is 6.96. The van der Waals surface area contributed by atoms with Crippen molar-refractivity contribution in [1.82, 2.24) is 30.2 Å². The van der Waals surface area contributed by atoms with Crippen LogP contribution in [-0.4, -0.2) is 30.2 Å². The van der Waals surface area contributed by atoms with Crippen LogP contribution in [0.25, 0.3) is 17.2 Å². The summed E-state index contributed by atoms with van der Waals surface area (Å²) < 4.78 is 20.4. The summed E-state index contributed by atoms with van der Waals surface area (Å²) in [5.41, 5.74) is 0.933. The average Bonchev–Trinajstić information content (AvgIpc) is 3.13. The van der Waals surface area contributed by atoms with E-state index >= 15 is 0 Å². The van der Waals surface area contributed by atoms with Crippen molar-refractivity contribution in [1.29, 1.82) is 0 Å². The van der Waals surface area contributed by atoms with Crippen LogP contribution in [0.15, 0.2) is 65.5 Å². The standard InChI is InChI=1S/C17H10BrFN6O/c18-11-3-4-16(21-9-11)17-22-24-25(23-17)13-6-12(19)7-15(8-13)26-14-2-1-5-20-10-14/h1-10H. The lowest BCUT2D eigenvalue weighted by molar-refractivity contribution is 0.473. The van der Waals surface area contributed by atoms with Gasteiger partial charge in [-0.1, -0.05) is 0 Å². The van der Waals surface area contributed by atoms with Crippen LogP contribution >= 0.6 is 15.9 Å². The summed E-state index contributed by atoms with van der Waals surface area (Å²) in [6, 6.07) is 11.2. The predicted octanol–water partition coefficient (Wildman–Crippen LogP) is 3.81. The second-order valence-electron chi connectivity index (χ2n) is 5.20. The first-order valence-electron chi connectivity index (χ1n) is 7.48. The van der Waals surface area contributed by atoms with Gasteiger partial charge in [-0.3, -0.25) is 9.97 Å². The van der Waals surface area contributed by atoms with Crippen molar-refractivity contribution in [3.8, 4) is 28.7 Å². The summed E-state index contributed by atoms with van der Waals surface area (Å²) in [6.07, 6.45) is 4.80. The smallest absolute Gasteiger partial charge is 0.223 e. The number of ether oxygens (including phenoxy) is 1. The van der Waals surface area contributed by atoms with Crippen LogP contribution in [0.2, 0.25) is 0 Å². The van der Waals surface area contributed by atoms with E-state index in [2.05, 4.69) is 41.3 Å². The Morgan fingerprint density at radius 2 is 1.96 bits per heavy atom. The molecule has 4 aromatic rings. The van der Waals surface area contributed by atoms with E-state index in [1.165, 1.54) is 23.1 Å². The lowest BCUT2D eigenvalue weighted by Gasteiger charge is -2.07. The minimum atomic E-state index is -0.484. The van der Waals surface area contributed by atoms with Gasteiger partial charge in [0.1, 0.15) is 23.0 Å². The Kier molecular flexibility index (Phi) is 4.36. The van der Waals surface area contributed by atoms with Crippen LogP contribution in [0.1, 0.15) is 0 Å². The molecule has 26 heavy (non-hydrogen) atoms. The van der Waals surface area contributed by atoms with E-state index in [1.54, 1.807) is 36.7 Å².